The number of nitrogens with zero attached hydrogens (tertiary/aromatic N) is 3. The molecular weight excluding hydrogens is 399 g/mol. The summed E-state index contributed by atoms with van der Waals surface area (Å²) in [7, 11) is 0. The van der Waals surface area contributed by atoms with Gasteiger partial charge in [0.2, 0.25) is 0 Å². The van der Waals surface area contributed by atoms with Gasteiger partial charge in [0.1, 0.15) is 17.7 Å². The molecule has 1 fully saturated rings. The van der Waals surface area contributed by atoms with Crippen molar-refractivity contribution >= 4 is 17.7 Å². The molecule has 1 amide bonds. The number of hydrogen-bond donors (Lipinski definition) is 2. The minimum atomic E-state index is -4.52. The van der Waals surface area contributed by atoms with Crippen LogP contribution in [0.2, 0.25) is 0 Å². The zero-order valence-electron chi connectivity index (χ0n) is 16.6. The molecule has 0 spiro atoms. The second kappa shape index (κ2) is 7.75. The summed E-state index contributed by atoms with van der Waals surface area (Å²) >= 11 is 0. The Morgan fingerprint density at radius 2 is 2.13 bits per heavy atom. The fourth-order valence-corrected chi connectivity index (χ4v) is 3.95. The zero-order valence-corrected chi connectivity index (χ0v) is 16.6. The van der Waals surface area contributed by atoms with Crippen molar-refractivity contribution in [2.24, 2.45) is 0 Å². The smallest absolute Gasteiger partial charge is 0.416 e. The van der Waals surface area contributed by atoms with E-state index in [-0.39, 0.29) is 23.4 Å². The Bertz CT molecular complexity index is 966. The molecule has 2 aromatic heterocycles. The molecule has 1 saturated heterocycles. The van der Waals surface area contributed by atoms with E-state index in [2.05, 4.69) is 20.6 Å². The van der Waals surface area contributed by atoms with Crippen LogP contribution in [0, 0.1) is 0 Å². The van der Waals surface area contributed by atoms with Gasteiger partial charge in [0, 0.05) is 43.0 Å². The monoisotopic (exact) mass is 421 g/mol. The normalized spacial score (nSPS) is 21.6. The van der Waals surface area contributed by atoms with E-state index in [9.17, 15) is 18.0 Å². The van der Waals surface area contributed by atoms with Gasteiger partial charge in [-0.05, 0) is 31.5 Å². The Balaban J connectivity index is 1.87. The second-order valence-electron chi connectivity index (χ2n) is 7.35. The number of carbonyl (C=O) groups is 1. The van der Waals surface area contributed by atoms with Crippen molar-refractivity contribution in [1.29, 1.82) is 0 Å². The van der Waals surface area contributed by atoms with Crippen molar-refractivity contribution in [2.75, 3.05) is 29.9 Å². The number of hydrogen-bond acceptors (Lipinski definition) is 6. The van der Waals surface area contributed by atoms with E-state index in [0.717, 1.165) is 18.6 Å². The predicted molar refractivity (Wildman–Crippen MR) is 105 cm³/mol. The van der Waals surface area contributed by atoms with Gasteiger partial charge in [-0.3, -0.25) is 5.32 Å². The number of alkyl halides is 3. The number of rotatable bonds is 3. The van der Waals surface area contributed by atoms with Crippen LogP contribution < -0.4 is 15.5 Å². The molecule has 2 aliphatic rings. The summed E-state index contributed by atoms with van der Waals surface area (Å²) in [5.41, 5.74) is 0.346. The van der Waals surface area contributed by atoms with Crippen LogP contribution in [0.1, 0.15) is 37.5 Å². The Morgan fingerprint density at radius 3 is 2.87 bits per heavy atom. The molecule has 0 aromatic carbocycles. The molecule has 0 saturated carbocycles. The third-order valence-electron chi connectivity index (χ3n) is 5.43. The zero-order chi connectivity index (χ0) is 21.5. The lowest BCUT2D eigenvalue weighted by Crippen LogP contribution is -2.51. The SMILES string of the molecule is CC[C@@H]1CNCCN1c1cc(C(F)(F)F)cc(-c2ccnc3c2[C@@H](C)OC(=O)N3)n1. The third-order valence-corrected chi connectivity index (χ3v) is 5.43. The van der Waals surface area contributed by atoms with E-state index in [1.165, 1.54) is 6.20 Å². The van der Waals surface area contributed by atoms with Crippen molar-refractivity contribution in [3.63, 3.8) is 0 Å². The Labute approximate surface area is 171 Å². The van der Waals surface area contributed by atoms with Gasteiger partial charge in [-0.15, -0.1) is 0 Å². The second-order valence-corrected chi connectivity index (χ2v) is 7.35. The lowest BCUT2D eigenvalue weighted by atomic mass is 9.99. The number of carbonyl (C=O) groups excluding carboxylic acids is 1. The highest BCUT2D eigenvalue weighted by molar-refractivity contribution is 5.89. The molecule has 2 aliphatic heterocycles. The topological polar surface area (TPSA) is 79.4 Å². The van der Waals surface area contributed by atoms with Gasteiger partial charge < -0.3 is 15.0 Å². The lowest BCUT2D eigenvalue weighted by Gasteiger charge is -2.37. The first kappa shape index (κ1) is 20.4. The number of pyridine rings is 2. The van der Waals surface area contributed by atoms with Crippen LogP contribution in [0.15, 0.2) is 24.4 Å². The van der Waals surface area contributed by atoms with Gasteiger partial charge in [0.15, 0.2) is 0 Å². The molecule has 0 bridgehead atoms. The van der Waals surface area contributed by atoms with Crippen LogP contribution in [0.3, 0.4) is 0 Å². The van der Waals surface area contributed by atoms with Crippen molar-refractivity contribution < 1.29 is 22.7 Å². The quantitative estimate of drug-likeness (QED) is 0.781. The van der Waals surface area contributed by atoms with Gasteiger partial charge in [0.05, 0.1) is 11.3 Å². The van der Waals surface area contributed by atoms with Gasteiger partial charge in [-0.2, -0.15) is 13.2 Å². The summed E-state index contributed by atoms with van der Waals surface area (Å²) in [5.74, 6) is 0.553. The highest BCUT2D eigenvalue weighted by Crippen LogP contribution is 2.40. The molecule has 30 heavy (non-hydrogen) atoms. The summed E-state index contributed by atoms with van der Waals surface area (Å²) in [6.45, 7) is 5.58. The first-order chi connectivity index (χ1) is 14.3. The van der Waals surface area contributed by atoms with Gasteiger partial charge in [-0.25, -0.2) is 14.8 Å². The van der Waals surface area contributed by atoms with Crippen LogP contribution in [0.5, 0.6) is 0 Å². The first-order valence-electron chi connectivity index (χ1n) is 9.81. The molecule has 0 unspecified atom stereocenters. The van der Waals surface area contributed by atoms with Crippen molar-refractivity contribution in [3.8, 4) is 11.3 Å². The number of aromatic nitrogens is 2. The third kappa shape index (κ3) is 3.79. The van der Waals surface area contributed by atoms with Crippen LogP contribution in [0.25, 0.3) is 11.3 Å². The number of cyclic esters (lactones) is 1. The fraction of sp³-hybridized carbons (Fsp3) is 0.450. The maximum absolute atomic E-state index is 13.7. The van der Waals surface area contributed by atoms with E-state index in [1.807, 2.05) is 11.8 Å². The molecule has 0 radical (unpaired) electrons. The van der Waals surface area contributed by atoms with Gasteiger partial charge in [-0.1, -0.05) is 6.92 Å². The van der Waals surface area contributed by atoms with Crippen LogP contribution >= 0.6 is 0 Å². The molecule has 7 nitrogen and oxygen atoms in total. The van der Waals surface area contributed by atoms with Gasteiger partial charge in [0.25, 0.3) is 0 Å². The number of halogens is 3. The maximum Gasteiger partial charge on any atom is 0.416 e. The highest BCUT2D eigenvalue weighted by atomic mass is 19.4. The molecule has 4 rings (SSSR count). The van der Waals surface area contributed by atoms with Crippen LogP contribution in [0.4, 0.5) is 29.6 Å². The number of piperazine rings is 1. The summed E-state index contributed by atoms with van der Waals surface area (Å²) in [5, 5.41) is 5.77. The molecule has 2 N–H and O–H groups in total. The Morgan fingerprint density at radius 1 is 1.33 bits per heavy atom. The minimum absolute atomic E-state index is 0.0514. The minimum Gasteiger partial charge on any atom is -0.441 e. The summed E-state index contributed by atoms with van der Waals surface area (Å²) in [6, 6.07) is 3.78. The van der Waals surface area contributed by atoms with Crippen molar-refractivity contribution in [1.82, 2.24) is 15.3 Å². The van der Waals surface area contributed by atoms with E-state index < -0.39 is 23.9 Å². The van der Waals surface area contributed by atoms with E-state index in [1.54, 1.807) is 13.0 Å². The van der Waals surface area contributed by atoms with Crippen molar-refractivity contribution in [3.05, 3.63) is 35.5 Å². The number of fused-ring (bicyclic) bond motifs is 1. The highest BCUT2D eigenvalue weighted by Gasteiger charge is 2.34. The fourth-order valence-electron chi connectivity index (χ4n) is 3.95. The van der Waals surface area contributed by atoms with Gasteiger partial charge >= 0.3 is 12.3 Å². The molecule has 4 heterocycles. The van der Waals surface area contributed by atoms with E-state index in [0.29, 0.717) is 30.8 Å². The largest absolute Gasteiger partial charge is 0.441 e. The van der Waals surface area contributed by atoms with E-state index >= 15 is 0 Å². The Kier molecular flexibility index (Phi) is 5.27. The summed E-state index contributed by atoms with van der Waals surface area (Å²) < 4.78 is 46.4. The Hall–Kier alpha value is -2.88. The van der Waals surface area contributed by atoms with Crippen LogP contribution in [-0.4, -0.2) is 41.7 Å². The van der Waals surface area contributed by atoms with Crippen molar-refractivity contribution in [2.45, 2.75) is 38.6 Å². The summed E-state index contributed by atoms with van der Waals surface area (Å²) in [6.07, 6.45) is -3.62. The van der Waals surface area contributed by atoms with E-state index in [4.69, 9.17) is 4.74 Å². The molecule has 2 aromatic rings. The average Bonchev–Trinajstić information content (AvgIpc) is 2.72. The summed E-state index contributed by atoms with van der Waals surface area (Å²) in [4.78, 5) is 22.3. The van der Waals surface area contributed by atoms with Crippen LogP contribution in [-0.2, 0) is 10.9 Å². The molecular formula is C20H22F3N5O2. The standard InChI is InChI=1S/C20H22F3N5O2/c1-3-13-10-24-6-7-28(13)16-9-12(20(21,22)23)8-15(26-16)14-4-5-25-18-17(14)11(2)30-19(29)27-18/h4-5,8-9,11,13,24H,3,6-7,10H2,1-2H3,(H,25,27,29)/t11-,13-/m1/s1. The lowest BCUT2D eigenvalue weighted by molar-refractivity contribution is -0.137. The number of nitrogens with one attached hydrogen (secondary N) is 2. The molecule has 10 heteroatoms. The average molecular weight is 421 g/mol. The number of anilines is 2. The molecule has 2 atom stereocenters. The first-order valence-corrected chi connectivity index (χ1v) is 9.81. The predicted octanol–water partition coefficient (Wildman–Crippen LogP) is 3.97. The maximum atomic E-state index is 13.7. The number of amides is 1. The number of ether oxygens (including phenoxy) is 1. The molecule has 160 valence electrons. The molecule has 0 aliphatic carbocycles.